The van der Waals surface area contributed by atoms with E-state index in [0.29, 0.717) is 31.5 Å². The molecule has 0 radical (unpaired) electrons. The number of likely N-dealkylation sites (N-methyl/N-ethyl adjacent to an activating group) is 1. The highest BCUT2D eigenvalue weighted by atomic mass is 32.2. The standard InChI is InChI=1S/C16H22N6O4S/c1-10-12(9-18-20(10)2)13-8-14(21(3)27(25,26)19-13)16(24)22-6-4-11(5-7-22)15(17)23/h8-9,11H,4-7H2,1-3H3,(H2,17,23). The van der Waals surface area contributed by atoms with Crippen LogP contribution in [0.4, 0.5) is 0 Å². The van der Waals surface area contributed by atoms with Crippen LogP contribution < -0.4 is 5.73 Å². The number of amides is 2. The van der Waals surface area contributed by atoms with Gasteiger partial charge in [0, 0.05) is 44.4 Å². The predicted octanol–water partition coefficient (Wildman–Crippen LogP) is -0.684. The minimum Gasteiger partial charge on any atom is -0.369 e. The van der Waals surface area contributed by atoms with Crippen molar-refractivity contribution in [3.05, 3.63) is 29.2 Å². The van der Waals surface area contributed by atoms with E-state index in [9.17, 15) is 18.0 Å². The van der Waals surface area contributed by atoms with E-state index in [2.05, 4.69) is 9.50 Å². The van der Waals surface area contributed by atoms with Crippen LogP contribution in [-0.2, 0) is 26.8 Å². The molecule has 0 spiro atoms. The SMILES string of the molecule is Cc1c(C2=NS(=O)(=O)N(C)C(C(=O)N3CCC(C(N)=O)CC3)=C2)cnn1C. The van der Waals surface area contributed by atoms with E-state index in [-0.39, 0.29) is 23.2 Å². The van der Waals surface area contributed by atoms with Crippen molar-refractivity contribution in [3.63, 3.8) is 0 Å². The maximum atomic E-state index is 13.0. The lowest BCUT2D eigenvalue weighted by Gasteiger charge is -2.33. The smallest absolute Gasteiger partial charge is 0.345 e. The molecule has 0 saturated carbocycles. The molecule has 1 saturated heterocycles. The van der Waals surface area contributed by atoms with Crippen molar-refractivity contribution < 1.29 is 18.0 Å². The quantitative estimate of drug-likeness (QED) is 0.725. The molecule has 2 N–H and O–H groups in total. The van der Waals surface area contributed by atoms with Crippen molar-refractivity contribution in [3.8, 4) is 0 Å². The maximum absolute atomic E-state index is 13.0. The molecule has 3 heterocycles. The van der Waals surface area contributed by atoms with Crippen molar-refractivity contribution in [1.82, 2.24) is 19.0 Å². The number of rotatable bonds is 3. The van der Waals surface area contributed by atoms with Crippen LogP contribution in [0.3, 0.4) is 0 Å². The van der Waals surface area contributed by atoms with Gasteiger partial charge in [-0.15, -0.1) is 4.40 Å². The molecule has 146 valence electrons. The third kappa shape index (κ3) is 3.46. The van der Waals surface area contributed by atoms with E-state index in [1.54, 1.807) is 18.7 Å². The van der Waals surface area contributed by atoms with E-state index < -0.39 is 16.1 Å². The number of primary amides is 1. The second kappa shape index (κ2) is 6.80. The van der Waals surface area contributed by atoms with Gasteiger partial charge in [-0.2, -0.15) is 13.5 Å². The minimum atomic E-state index is -4.03. The average Bonchev–Trinajstić information content (AvgIpc) is 2.96. The van der Waals surface area contributed by atoms with Gasteiger partial charge < -0.3 is 10.6 Å². The summed E-state index contributed by atoms with van der Waals surface area (Å²) in [5, 5.41) is 4.10. The van der Waals surface area contributed by atoms with Crippen molar-refractivity contribution in [1.29, 1.82) is 0 Å². The Morgan fingerprint density at radius 1 is 1.22 bits per heavy atom. The number of aryl methyl sites for hydroxylation is 1. The summed E-state index contributed by atoms with van der Waals surface area (Å²) in [6.45, 7) is 2.48. The number of piperidine rings is 1. The number of carbonyl (C=O) groups excluding carboxylic acids is 2. The molecule has 0 aromatic carbocycles. The summed E-state index contributed by atoms with van der Waals surface area (Å²) >= 11 is 0. The highest BCUT2D eigenvalue weighted by molar-refractivity contribution is 7.88. The third-order valence-corrected chi connectivity index (χ3v) is 6.40. The first-order valence-corrected chi connectivity index (χ1v) is 9.89. The Bertz CT molecular complexity index is 954. The lowest BCUT2D eigenvalue weighted by Crippen LogP contribution is -2.45. The van der Waals surface area contributed by atoms with Gasteiger partial charge in [0.05, 0.1) is 11.9 Å². The number of nitrogens with two attached hydrogens (primary N) is 1. The molecule has 0 bridgehead atoms. The number of allylic oxidation sites excluding steroid dienone is 1. The molecular formula is C16H22N6O4S. The maximum Gasteiger partial charge on any atom is 0.345 e. The summed E-state index contributed by atoms with van der Waals surface area (Å²) in [4.78, 5) is 25.8. The fraction of sp³-hybridized carbons (Fsp3) is 0.500. The Kier molecular flexibility index (Phi) is 4.81. The predicted molar refractivity (Wildman–Crippen MR) is 97.7 cm³/mol. The van der Waals surface area contributed by atoms with E-state index in [0.717, 1.165) is 10.00 Å². The van der Waals surface area contributed by atoms with Gasteiger partial charge in [0.25, 0.3) is 5.91 Å². The summed E-state index contributed by atoms with van der Waals surface area (Å²) in [6, 6.07) is 0. The van der Waals surface area contributed by atoms with E-state index in [4.69, 9.17) is 5.73 Å². The van der Waals surface area contributed by atoms with E-state index >= 15 is 0 Å². The first-order chi connectivity index (χ1) is 12.6. The van der Waals surface area contributed by atoms with Gasteiger partial charge in [0.15, 0.2) is 0 Å². The van der Waals surface area contributed by atoms with Gasteiger partial charge >= 0.3 is 10.2 Å². The van der Waals surface area contributed by atoms with Crippen LogP contribution >= 0.6 is 0 Å². The summed E-state index contributed by atoms with van der Waals surface area (Å²) < 4.78 is 31.2. The van der Waals surface area contributed by atoms with Crippen LogP contribution in [0.15, 0.2) is 22.4 Å². The largest absolute Gasteiger partial charge is 0.369 e. The lowest BCUT2D eigenvalue weighted by atomic mass is 9.96. The molecule has 1 fully saturated rings. The fourth-order valence-corrected chi connectivity index (χ4v) is 4.06. The first kappa shape index (κ1) is 19.1. The van der Waals surface area contributed by atoms with Crippen LogP contribution in [0.25, 0.3) is 0 Å². The number of hydrogen-bond donors (Lipinski definition) is 1. The van der Waals surface area contributed by atoms with Crippen molar-refractivity contribution in [2.75, 3.05) is 20.1 Å². The first-order valence-electron chi connectivity index (χ1n) is 8.50. The van der Waals surface area contributed by atoms with Gasteiger partial charge in [-0.1, -0.05) is 0 Å². The van der Waals surface area contributed by atoms with Crippen molar-refractivity contribution in [2.45, 2.75) is 19.8 Å². The zero-order valence-corrected chi connectivity index (χ0v) is 16.2. The van der Waals surface area contributed by atoms with Crippen LogP contribution in [0.2, 0.25) is 0 Å². The monoisotopic (exact) mass is 394 g/mol. The van der Waals surface area contributed by atoms with Gasteiger partial charge in [0.2, 0.25) is 5.91 Å². The van der Waals surface area contributed by atoms with Gasteiger partial charge in [0.1, 0.15) is 5.70 Å². The number of hydrogen-bond acceptors (Lipinski definition) is 5. The molecule has 2 aliphatic heterocycles. The van der Waals surface area contributed by atoms with Gasteiger partial charge in [-0.3, -0.25) is 14.3 Å². The van der Waals surface area contributed by atoms with Crippen molar-refractivity contribution in [2.24, 2.45) is 23.1 Å². The van der Waals surface area contributed by atoms with Gasteiger partial charge in [-0.25, -0.2) is 4.31 Å². The Hall–Kier alpha value is -2.69. The van der Waals surface area contributed by atoms with Gasteiger partial charge in [-0.05, 0) is 25.8 Å². The molecule has 10 nitrogen and oxygen atoms in total. The fourth-order valence-electron chi connectivity index (χ4n) is 3.16. The molecule has 1 aromatic heterocycles. The molecule has 2 aliphatic rings. The zero-order chi connectivity index (χ0) is 19.9. The summed E-state index contributed by atoms with van der Waals surface area (Å²) in [5.41, 5.74) is 6.80. The molecule has 2 amide bonds. The molecule has 27 heavy (non-hydrogen) atoms. The number of carbonyl (C=O) groups is 2. The molecule has 0 atom stereocenters. The second-order valence-corrected chi connectivity index (χ2v) is 8.31. The minimum absolute atomic E-state index is 0.0146. The molecule has 0 aliphatic carbocycles. The van der Waals surface area contributed by atoms with E-state index in [1.807, 2.05) is 0 Å². The Balaban J connectivity index is 1.91. The highest BCUT2D eigenvalue weighted by Crippen LogP contribution is 2.24. The topological polar surface area (TPSA) is 131 Å². The Labute approximate surface area is 157 Å². The lowest BCUT2D eigenvalue weighted by molar-refractivity contribution is -0.132. The highest BCUT2D eigenvalue weighted by Gasteiger charge is 2.35. The molecular weight excluding hydrogens is 372 g/mol. The number of likely N-dealkylation sites (tertiary alicyclic amines) is 1. The number of aromatic nitrogens is 2. The zero-order valence-electron chi connectivity index (χ0n) is 15.4. The second-order valence-electron chi connectivity index (χ2n) is 6.69. The Morgan fingerprint density at radius 2 is 1.85 bits per heavy atom. The summed E-state index contributed by atoms with van der Waals surface area (Å²) in [5.74, 6) is -1.05. The molecule has 3 rings (SSSR count). The summed E-state index contributed by atoms with van der Waals surface area (Å²) in [7, 11) is -0.994. The molecule has 0 unspecified atom stereocenters. The Morgan fingerprint density at radius 3 is 2.37 bits per heavy atom. The molecule has 11 heteroatoms. The third-order valence-electron chi connectivity index (χ3n) is 5.09. The average molecular weight is 394 g/mol. The van der Waals surface area contributed by atoms with E-state index in [1.165, 1.54) is 24.2 Å². The van der Waals surface area contributed by atoms with Crippen LogP contribution in [-0.4, -0.2) is 65.1 Å². The molecule has 1 aromatic rings. The normalized spacial score (nSPS) is 20.3. The summed E-state index contributed by atoms with van der Waals surface area (Å²) in [6.07, 6.45) is 3.92. The number of nitrogens with zero attached hydrogens (tertiary/aromatic N) is 5. The van der Waals surface area contributed by atoms with Crippen LogP contribution in [0.5, 0.6) is 0 Å². The van der Waals surface area contributed by atoms with Crippen molar-refractivity contribution >= 4 is 27.7 Å². The van der Waals surface area contributed by atoms with Crippen LogP contribution in [0.1, 0.15) is 24.1 Å². The van der Waals surface area contributed by atoms with Crippen LogP contribution in [0, 0.1) is 12.8 Å².